The number of methoxy groups -OCH3 is 1. The first-order valence-corrected chi connectivity index (χ1v) is 8.45. The highest BCUT2D eigenvalue weighted by Crippen LogP contribution is 2.30. The van der Waals surface area contributed by atoms with Gasteiger partial charge in [-0.05, 0) is 56.8 Å². The molecule has 1 atom stereocenters. The molecule has 1 fully saturated rings. The predicted molar refractivity (Wildman–Crippen MR) is 99.4 cm³/mol. The molecule has 1 aromatic rings. The molecule has 136 valence electrons. The summed E-state index contributed by atoms with van der Waals surface area (Å²) in [5.74, 6) is 2.42. The van der Waals surface area contributed by atoms with E-state index in [4.69, 9.17) is 9.47 Å². The standard InChI is InChI=1S/C18H28N2O3.ClH/c1-4-23-17-6-5-15(22-3)12-16(17)20-18(21)11-13(2)14-7-9-19-10-8-14;/h5-6,12-14,19H,4,7-11H2,1-3H3,(H,20,21);1H. The summed E-state index contributed by atoms with van der Waals surface area (Å²) in [5.41, 5.74) is 0.675. The molecule has 1 aromatic carbocycles. The summed E-state index contributed by atoms with van der Waals surface area (Å²) in [7, 11) is 1.61. The normalized spacial score (nSPS) is 16.0. The number of benzene rings is 1. The first-order chi connectivity index (χ1) is 11.1. The van der Waals surface area contributed by atoms with Crippen LogP contribution in [0.25, 0.3) is 0 Å². The molecule has 0 saturated carbocycles. The van der Waals surface area contributed by atoms with E-state index in [1.807, 2.05) is 19.1 Å². The van der Waals surface area contributed by atoms with Gasteiger partial charge >= 0.3 is 0 Å². The van der Waals surface area contributed by atoms with Gasteiger partial charge in [-0.2, -0.15) is 0 Å². The van der Waals surface area contributed by atoms with Gasteiger partial charge in [-0.3, -0.25) is 4.79 Å². The Balaban J connectivity index is 0.00000288. The maximum absolute atomic E-state index is 12.4. The fraction of sp³-hybridized carbons (Fsp3) is 0.611. The number of nitrogens with one attached hydrogen (secondary N) is 2. The number of hydrogen-bond donors (Lipinski definition) is 2. The van der Waals surface area contributed by atoms with E-state index in [1.54, 1.807) is 13.2 Å². The number of rotatable bonds is 7. The van der Waals surface area contributed by atoms with Crippen LogP contribution in [0.15, 0.2) is 18.2 Å². The van der Waals surface area contributed by atoms with E-state index >= 15 is 0 Å². The third kappa shape index (κ3) is 5.87. The maximum atomic E-state index is 12.4. The molecule has 24 heavy (non-hydrogen) atoms. The molecule has 0 radical (unpaired) electrons. The van der Waals surface area contributed by atoms with Crippen LogP contribution in [0, 0.1) is 11.8 Å². The Labute approximate surface area is 150 Å². The highest BCUT2D eigenvalue weighted by Gasteiger charge is 2.22. The molecule has 1 aliphatic heterocycles. The molecule has 1 heterocycles. The van der Waals surface area contributed by atoms with Gasteiger partial charge in [0.25, 0.3) is 0 Å². The van der Waals surface area contributed by atoms with Crippen molar-refractivity contribution in [2.45, 2.75) is 33.1 Å². The summed E-state index contributed by atoms with van der Waals surface area (Å²) in [6, 6.07) is 5.46. The molecular weight excluding hydrogens is 328 g/mol. The minimum atomic E-state index is 0. The molecule has 0 aliphatic carbocycles. The van der Waals surface area contributed by atoms with Crippen LogP contribution in [0.2, 0.25) is 0 Å². The summed E-state index contributed by atoms with van der Waals surface area (Å²) < 4.78 is 10.8. The van der Waals surface area contributed by atoms with Gasteiger partial charge in [0.2, 0.25) is 5.91 Å². The van der Waals surface area contributed by atoms with E-state index in [0.717, 1.165) is 25.9 Å². The van der Waals surface area contributed by atoms with Crippen LogP contribution < -0.4 is 20.1 Å². The second-order valence-corrected chi connectivity index (χ2v) is 6.11. The number of ether oxygens (including phenoxy) is 2. The number of carbonyl (C=O) groups excluding carboxylic acids is 1. The number of piperidine rings is 1. The molecule has 6 heteroatoms. The van der Waals surface area contributed by atoms with E-state index in [9.17, 15) is 4.79 Å². The first kappa shape index (κ1) is 20.6. The van der Waals surface area contributed by atoms with E-state index in [2.05, 4.69) is 17.6 Å². The predicted octanol–water partition coefficient (Wildman–Crippen LogP) is 3.48. The van der Waals surface area contributed by atoms with Crippen LogP contribution in [-0.4, -0.2) is 32.7 Å². The summed E-state index contributed by atoms with van der Waals surface area (Å²) in [5, 5.41) is 6.35. The van der Waals surface area contributed by atoms with E-state index in [0.29, 0.717) is 42.0 Å². The molecule has 2 N–H and O–H groups in total. The SMILES string of the molecule is CCOc1ccc(OC)cc1NC(=O)CC(C)C1CCNCC1.Cl. The van der Waals surface area contributed by atoms with Crippen molar-refractivity contribution in [3.63, 3.8) is 0 Å². The molecule has 5 nitrogen and oxygen atoms in total. The summed E-state index contributed by atoms with van der Waals surface area (Å²) >= 11 is 0. The Hall–Kier alpha value is -1.46. The fourth-order valence-electron chi connectivity index (χ4n) is 3.09. The number of hydrogen-bond acceptors (Lipinski definition) is 4. The van der Waals surface area contributed by atoms with Crippen molar-refractivity contribution in [3.8, 4) is 11.5 Å². The van der Waals surface area contributed by atoms with Gasteiger partial charge in [-0.1, -0.05) is 6.92 Å². The minimum absolute atomic E-state index is 0. The Kier molecular flexibility index (Phi) is 8.93. The lowest BCUT2D eigenvalue weighted by Gasteiger charge is -2.28. The van der Waals surface area contributed by atoms with Crippen LogP contribution in [0.1, 0.15) is 33.1 Å². The molecule has 1 aliphatic rings. The minimum Gasteiger partial charge on any atom is -0.497 e. The van der Waals surface area contributed by atoms with Crippen molar-refractivity contribution < 1.29 is 14.3 Å². The first-order valence-electron chi connectivity index (χ1n) is 8.45. The van der Waals surface area contributed by atoms with Crippen molar-refractivity contribution in [3.05, 3.63) is 18.2 Å². The van der Waals surface area contributed by atoms with Gasteiger partial charge in [0, 0.05) is 12.5 Å². The van der Waals surface area contributed by atoms with Crippen molar-refractivity contribution in [2.24, 2.45) is 11.8 Å². The molecule has 0 bridgehead atoms. The zero-order valence-electron chi connectivity index (χ0n) is 14.8. The summed E-state index contributed by atoms with van der Waals surface area (Å²) in [6.07, 6.45) is 2.84. The molecule has 0 aromatic heterocycles. The Morgan fingerprint density at radius 3 is 2.71 bits per heavy atom. The van der Waals surface area contributed by atoms with E-state index in [-0.39, 0.29) is 18.3 Å². The Morgan fingerprint density at radius 1 is 1.38 bits per heavy atom. The van der Waals surface area contributed by atoms with Gasteiger partial charge in [0.15, 0.2) is 0 Å². The number of carbonyl (C=O) groups is 1. The van der Waals surface area contributed by atoms with Crippen LogP contribution in [0.4, 0.5) is 5.69 Å². The highest BCUT2D eigenvalue weighted by molar-refractivity contribution is 5.92. The van der Waals surface area contributed by atoms with Crippen LogP contribution >= 0.6 is 12.4 Å². The van der Waals surface area contributed by atoms with Gasteiger partial charge in [-0.25, -0.2) is 0 Å². The Bertz CT molecular complexity index is 519. The Morgan fingerprint density at radius 2 is 2.08 bits per heavy atom. The average molecular weight is 357 g/mol. The van der Waals surface area contributed by atoms with Crippen LogP contribution in [0.3, 0.4) is 0 Å². The van der Waals surface area contributed by atoms with Gasteiger partial charge in [-0.15, -0.1) is 12.4 Å². The number of anilines is 1. The average Bonchev–Trinajstić information content (AvgIpc) is 2.57. The second kappa shape index (κ2) is 10.4. The lowest BCUT2D eigenvalue weighted by molar-refractivity contribution is -0.117. The van der Waals surface area contributed by atoms with Gasteiger partial charge in [0.1, 0.15) is 11.5 Å². The molecule has 1 unspecified atom stereocenters. The summed E-state index contributed by atoms with van der Waals surface area (Å²) in [6.45, 7) is 6.77. The van der Waals surface area contributed by atoms with Crippen molar-refractivity contribution in [1.82, 2.24) is 5.32 Å². The van der Waals surface area contributed by atoms with Gasteiger partial charge < -0.3 is 20.1 Å². The summed E-state index contributed by atoms with van der Waals surface area (Å²) in [4.78, 5) is 12.4. The highest BCUT2D eigenvalue weighted by atomic mass is 35.5. The monoisotopic (exact) mass is 356 g/mol. The molecular formula is C18H29ClN2O3. The number of halogens is 1. The third-order valence-electron chi connectivity index (χ3n) is 4.46. The molecule has 1 amide bonds. The number of amides is 1. The topological polar surface area (TPSA) is 59.6 Å². The van der Waals surface area contributed by atoms with Crippen molar-refractivity contribution in [2.75, 3.05) is 32.1 Å². The van der Waals surface area contributed by atoms with E-state index in [1.165, 1.54) is 0 Å². The molecule has 1 saturated heterocycles. The van der Waals surface area contributed by atoms with Crippen molar-refractivity contribution in [1.29, 1.82) is 0 Å². The smallest absolute Gasteiger partial charge is 0.224 e. The lowest BCUT2D eigenvalue weighted by atomic mass is 9.84. The fourth-order valence-corrected chi connectivity index (χ4v) is 3.09. The van der Waals surface area contributed by atoms with Crippen LogP contribution in [0.5, 0.6) is 11.5 Å². The zero-order valence-corrected chi connectivity index (χ0v) is 15.6. The largest absolute Gasteiger partial charge is 0.497 e. The quantitative estimate of drug-likeness (QED) is 0.785. The zero-order chi connectivity index (χ0) is 16.7. The van der Waals surface area contributed by atoms with Crippen LogP contribution in [-0.2, 0) is 4.79 Å². The lowest BCUT2D eigenvalue weighted by Crippen LogP contribution is -2.32. The van der Waals surface area contributed by atoms with E-state index < -0.39 is 0 Å². The maximum Gasteiger partial charge on any atom is 0.224 e. The third-order valence-corrected chi connectivity index (χ3v) is 4.46. The van der Waals surface area contributed by atoms with Gasteiger partial charge in [0.05, 0.1) is 19.4 Å². The van der Waals surface area contributed by atoms with Crippen molar-refractivity contribution >= 4 is 24.0 Å². The second-order valence-electron chi connectivity index (χ2n) is 6.11. The molecule has 2 rings (SSSR count). The molecule has 0 spiro atoms.